The lowest BCUT2D eigenvalue weighted by Gasteiger charge is -2.13. The van der Waals surface area contributed by atoms with Crippen LogP contribution in [0.4, 0.5) is 5.69 Å². The van der Waals surface area contributed by atoms with E-state index in [-0.39, 0.29) is 5.92 Å². The quantitative estimate of drug-likeness (QED) is 0.892. The third kappa shape index (κ3) is 2.00. The zero-order valence-electron chi connectivity index (χ0n) is 10.3. The molecule has 96 valence electrons. The molecule has 0 bridgehead atoms. The Bertz CT molecular complexity index is 658. The van der Waals surface area contributed by atoms with Crippen molar-refractivity contribution in [2.75, 3.05) is 0 Å². The van der Waals surface area contributed by atoms with E-state index in [1.807, 2.05) is 36.4 Å². The number of allylic oxidation sites excluding steroid dienone is 4. The molecule has 0 saturated heterocycles. The highest BCUT2D eigenvalue weighted by molar-refractivity contribution is 6.32. The number of aliphatic carboxylic acids is 1. The minimum Gasteiger partial charge on any atom is -0.481 e. The summed E-state index contributed by atoms with van der Waals surface area (Å²) in [5, 5.41) is 9.76. The molecular weight excluding hydrogens is 262 g/mol. The van der Waals surface area contributed by atoms with Gasteiger partial charge in [-0.2, -0.15) is 0 Å². The molecule has 2 unspecified atom stereocenters. The van der Waals surface area contributed by atoms with Crippen molar-refractivity contribution < 1.29 is 9.90 Å². The Labute approximate surface area is 115 Å². The van der Waals surface area contributed by atoms with E-state index < -0.39 is 11.9 Å². The van der Waals surface area contributed by atoms with E-state index >= 15 is 0 Å². The lowest BCUT2D eigenvalue weighted by Crippen LogP contribution is -2.08. The molecule has 1 aliphatic carbocycles. The van der Waals surface area contributed by atoms with Crippen molar-refractivity contribution in [1.29, 1.82) is 0 Å². The Morgan fingerprint density at radius 3 is 2.95 bits per heavy atom. The average molecular weight is 274 g/mol. The van der Waals surface area contributed by atoms with Crippen LogP contribution in [0.1, 0.15) is 29.9 Å². The number of hydrogen-bond acceptors (Lipinski definition) is 2. The average Bonchev–Trinajstić information content (AvgIpc) is 2.74. The summed E-state index contributed by atoms with van der Waals surface area (Å²) in [5.41, 5.74) is 3.66. The highest BCUT2D eigenvalue weighted by Gasteiger charge is 2.27. The van der Waals surface area contributed by atoms with Crippen molar-refractivity contribution >= 4 is 29.0 Å². The van der Waals surface area contributed by atoms with Gasteiger partial charge < -0.3 is 5.11 Å². The van der Waals surface area contributed by atoms with Crippen LogP contribution in [0, 0.1) is 0 Å². The highest BCUT2D eigenvalue weighted by Crippen LogP contribution is 2.40. The molecule has 1 heterocycles. The van der Waals surface area contributed by atoms with Gasteiger partial charge in [0, 0.05) is 11.0 Å². The molecule has 19 heavy (non-hydrogen) atoms. The number of carboxylic acids is 1. The predicted octanol–water partition coefficient (Wildman–Crippen LogP) is 3.74. The van der Waals surface area contributed by atoms with Gasteiger partial charge in [0.1, 0.15) is 0 Å². The molecule has 2 aliphatic rings. The zero-order chi connectivity index (χ0) is 13.6. The molecule has 0 amide bonds. The fourth-order valence-electron chi connectivity index (χ4n) is 2.40. The van der Waals surface area contributed by atoms with Crippen molar-refractivity contribution in [3.05, 3.63) is 52.6 Å². The van der Waals surface area contributed by atoms with Crippen LogP contribution in [0.15, 0.2) is 46.5 Å². The van der Waals surface area contributed by atoms with Gasteiger partial charge in [-0.05, 0) is 36.3 Å². The Morgan fingerprint density at radius 2 is 2.21 bits per heavy atom. The molecule has 4 heteroatoms. The molecule has 0 aromatic heterocycles. The SMILES string of the molecule is CC(C(=O)O)c1ccc2c(c1)N=C1C=CC(Cl)=CC12. The molecule has 0 spiro atoms. The molecule has 2 atom stereocenters. The van der Waals surface area contributed by atoms with Gasteiger partial charge in [0.2, 0.25) is 0 Å². The van der Waals surface area contributed by atoms with Crippen LogP contribution in [-0.2, 0) is 4.79 Å². The number of hydrogen-bond donors (Lipinski definition) is 1. The third-order valence-electron chi connectivity index (χ3n) is 3.57. The standard InChI is InChI=1S/C15H12ClNO2/c1-8(15(18)19)9-2-4-11-12-7-10(16)3-5-13(12)17-14(11)6-9/h2-8,12H,1H3,(H,18,19). The predicted molar refractivity (Wildman–Crippen MR) is 75.4 cm³/mol. The monoisotopic (exact) mass is 273 g/mol. The molecule has 0 fully saturated rings. The smallest absolute Gasteiger partial charge is 0.310 e. The Kier molecular flexibility index (Phi) is 2.79. The first kappa shape index (κ1) is 12.2. The van der Waals surface area contributed by atoms with Crippen molar-refractivity contribution in [2.45, 2.75) is 18.8 Å². The lowest BCUT2D eigenvalue weighted by molar-refractivity contribution is -0.138. The van der Waals surface area contributed by atoms with Crippen LogP contribution in [0.3, 0.4) is 0 Å². The maximum Gasteiger partial charge on any atom is 0.310 e. The Hall–Kier alpha value is -1.87. The van der Waals surface area contributed by atoms with E-state index in [1.54, 1.807) is 6.92 Å². The number of rotatable bonds is 2. The van der Waals surface area contributed by atoms with Crippen LogP contribution in [0.5, 0.6) is 0 Å². The second kappa shape index (κ2) is 4.35. The van der Waals surface area contributed by atoms with Crippen LogP contribution in [-0.4, -0.2) is 16.8 Å². The third-order valence-corrected chi connectivity index (χ3v) is 3.82. The molecule has 0 radical (unpaired) electrons. The number of carbonyl (C=O) groups is 1. The first-order valence-corrected chi connectivity index (χ1v) is 6.44. The first-order valence-electron chi connectivity index (χ1n) is 6.07. The van der Waals surface area contributed by atoms with Crippen molar-refractivity contribution in [3.8, 4) is 0 Å². The maximum absolute atomic E-state index is 11.0. The van der Waals surface area contributed by atoms with E-state index in [4.69, 9.17) is 16.7 Å². The van der Waals surface area contributed by atoms with E-state index in [0.717, 1.165) is 22.5 Å². The summed E-state index contributed by atoms with van der Waals surface area (Å²) in [7, 11) is 0. The normalized spacial score (nSPS) is 21.3. The van der Waals surface area contributed by atoms with Crippen molar-refractivity contribution in [1.82, 2.24) is 0 Å². The van der Waals surface area contributed by atoms with Crippen LogP contribution >= 0.6 is 11.6 Å². The fraction of sp³-hybridized carbons (Fsp3) is 0.200. The minimum atomic E-state index is -0.828. The number of carboxylic acid groups (broad SMARTS) is 1. The summed E-state index contributed by atoms with van der Waals surface area (Å²) < 4.78 is 0. The minimum absolute atomic E-state index is 0.0988. The molecular formula is C15H12ClNO2. The summed E-state index contributed by atoms with van der Waals surface area (Å²) >= 11 is 6.01. The molecule has 1 N–H and O–H groups in total. The molecule has 1 aromatic rings. The number of benzene rings is 1. The van der Waals surface area contributed by atoms with Crippen molar-refractivity contribution in [2.24, 2.45) is 4.99 Å². The topological polar surface area (TPSA) is 49.7 Å². The summed E-state index contributed by atoms with van der Waals surface area (Å²) in [6.45, 7) is 1.68. The summed E-state index contributed by atoms with van der Waals surface area (Å²) in [6.07, 6.45) is 5.70. The number of nitrogens with zero attached hydrogens (tertiary/aromatic N) is 1. The van der Waals surface area contributed by atoms with Gasteiger partial charge in [0.15, 0.2) is 0 Å². The number of aliphatic imine (C=N–C) groups is 1. The van der Waals surface area contributed by atoms with Gasteiger partial charge >= 0.3 is 5.97 Å². The molecule has 1 aliphatic heterocycles. The largest absolute Gasteiger partial charge is 0.481 e. The van der Waals surface area contributed by atoms with E-state index in [0.29, 0.717) is 5.03 Å². The fourth-order valence-corrected chi connectivity index (χ4v) is 2.59. The maximum atomic E-state index is 11.0. The van der Waals surface area contributed by atoms with Gasteiger partial charge in [0.25, 0.3) is 0 Å². The first-order chi connectivity index (χ1) is 9.06. The lowest BCUT2D eigenvalue weighted by atomic mass is 9.90. The second-order valence-electron chi connectivity index (χ2n) is 4.78. The van der Waals surface area contributed by atoms with Crippen LogP contribution in [0.2, 0.25) is 0 Å². The van der Waals surface area contributed by atoms with E-state index in [2.05, 4.69) is 4.99 Å². The van der Waals surface area contributed by atoms with Crippen LogP contribution in [0.25, 0.3) is 0 Å². The van der Waals surface area contributed by atoms with Gasteiger partial charge in [0.05, 0.1) is 17.3 Å². The van der Waals surface area contributed by atoms with E-state index in [1.165, 1.54) is 0 Å². The molecule has 3 nitrogen and oxygen atoms in total. The molecule has 3 rings (SSSR count). The summed E-state index contributed by atoms with van der Waals surface area (Å²) in [6, 6.07) is 5.66. The number of halogens is 1. The van der Waals surface area contributed by atoms with Gasteiger partial charge in [-0.15, -0.1) is 0 Å². The van der Waals surface area contributed by atoms with Gasteiger partial charge in [-0.3, -0.25) is 9.79 Å². The van der Waals surface area contributed by atoms with Gasteiger partial charge in [-0.1, -0.05) is 29.8 Å². The van der Waals surface area contributed by atoms with E-state index in [9.17, 15) is 4.79 Å². The summed E-state index contributed by atoms with van der Waals surface area (Å²) in [4.78, 5) is 15.6. The molecule has 1 aromatic carbocycles. The van der Waals surface area contributed by atoms with Crippen LogP contribution < -0.4 is 0 Å². The van der Waals surface area contributed by atoms with Gasteiger partial charge in [-0.25, -0.2) is 0 Å². The second-order valence-corrected chi connectivity index (χ2v) is 5.21. The van der Waals surface area contributed by atoms with Crippen molar-refractivity contribution in [3.63, 3.8) is 0 Å². The summed E-state index contributed by atoms with van der Waals surface area (Å²) in [5.74, 6) is -1.25. The Balaban J connectivity index is 2.03. The highest BCUT2D eigenvalue weighted by atomic mass is 35.5. The molecule has 0 saturated carbocycles. The Morgan fingerprint density at radius 1 is 1.42 bits per heavy atom. The number of fused-ring (bicyclic) bond motifs is 3. The zero-order valence-corrected chi connectivity index (χ0v) is 11.1.